The molecule has 1 saturated heterocycles. The first-order chi connectivity index (χ1) is 15.5. The Morgan fingerprint density at radius 2 is 2.00 bits per heavy atom. The number of hydrazine groups is 1. The van der Waals surface area contributed by atoms with Gasteiger partial charge in [-0.05, 0) is 37.5 Å². The van der Waals surface area contributed by atoms with Crippen LogP contribution in [0.1, 0.15) is 55.8 Å². The Bertz CT molecular complexity index is 797. The molecular formula is C22H32N4O6. The van der Waals surface area contributed by atoms with Gasteiger partial charge in [-0.1, -0.05) is 26.2 Å². The van der Waals surface area contributed by atoms with E-state index >= 15 is 0 Å². The summed E-state index contributed by atoms with van der Waals surface area (Å²) < 4.78 is 10.6. The van der Waals surface area contributed by atoms with Gasteiger partial charge >= 0.3 is 0 Å². The molecule has 0 aromatic heterocycles. The smallest absolute Gasteiger partial charge is 0.253 e. The molecule has 3 amide bonds. The van der Waals surface area contributed by atoms with Crippen LogP contribution in [0.25, 0.3) is 0 Å². The number of carbonyl (C=O) groups excluding carboxylic acids is 3. The minimum Gasteiger partial charge on any atom is -0.454 e. The number of likely N-dealkylation sites (tertiary alicyclic amines) is 1. The molecule has 0 spiro atoms. The summed E-state index contributed by atoms with van der Waals surface area (Å²) in [4.78, 5) is 37.9. The summed E-state index contributed by atoms with van der Waals surface area (Å²) in [6, 6.07) is 5.22. The number of unbranched alkanes of at least 4 members (excludes halogenated alkanes) is 2. The summed E-state index contributed by atoms with van der Waals surface area (Å²) in [5.74, 6) is 0.432. The van der Waals surface area contributed by atoms with E-state index in [-0.39, 0.29) is 31.2 Å². The summed E-state index contributed by atoms with van der Waals surface area (Å²) >= 11 is 0. The lowest BCUT2D eigenvalue weighted by Crippen LogP contribution is -2.52. The zero-order chi connectivity index (χ0) is 22.9. The van der Waals surface area contributed by atoms with Crippen LogP contribution in [0.4, 0.5) is 0 Å². The Kier molecular flexibility index (Phi) is 8.69. The fourth-order valence-corrected chi connectivity index (χ4v) is 3.93. The molecule has 3 rings (SSSR count). The van der Waals surface area contributed by atoms with E-state index in [4.69, 9.17) is 9.47 Å². The largest absolute Gasteiger partial charge is 0.454 e. The van der Waals surface area contributed by atoms with Crippen molar-refractivity contribution in [1.82, 2.24) is 20.8 Å². The SMILES string of the molecule is CCCCCC(CN(O)C=O)C(=O)NNC1CCN(C(=O)c2ccc3c(c2)OCO3)CC1. The molecule has 3 N–H and O–H groups in total. The molecule has 2 aliphatic heterocycles. The van der Waals surface area contributed by atoms with Gasteiger partial charge in [0.05, 0.1) is 12.5 Å². The van der Waals surface area contributed by atoms with Crippen LogP contribution in [0.15, 0.2) is 18.2 Å². The van der Waals surface area contributed by atoms with Crippen LogP contribution < -0.4 is 20.3 Å². The molecule has 0 aliphatic carbocycles. The highest BCUT2D eigenvalue weighted by Gasteiger charge is 2.26. The van der Waals surface area contributed by atoms with E-state index in [1.54, 1.807) is 23.1 Å². The lowest BCUT2D eigenvalue weighted by atomic mass is 10.0. The van der Waals surface area contributed by atoms with Crippen molar-refractivity contribution in [2.24, 2.45) is 5.92 Å². The number of hydroxylamine groups is 2. The Hall–Kier alpha value is -2.85. The Labute approximate surface area is 187 Å². The topological polar surface area (TPSA) is 120 Å². The molecule has 0 bridgehead atoms. The van der Waals surface area contributed by atoms with Gasteiger partial charge < -0.3 is 14.4 Å². The molecule has 176 valence electrons. The molecule has 0 radical (unpaired) electrons. The maximum absolute atomic E-state index is 12.8. The number of nitrogens with one attached hydrogen (secondary N) is 2. The van der Waals surface area contributed by atoms with Crippen LogP contribution in [-0.4, -0.2) is 65.9 Å². The standard InChI is InChI=1S/C22H32N4O6/c1-2-3-4-5-17(13-26(30)14-27)21(28)24-23-18-8-10-25(11-9-18)22(29)16-6-7-19-20(12-16)32-15-31-19/h6-7,12,14,17-18,23,30H,2-5,8-11,13,15H2,1H3,(H,24,28). The lowest BCUT2D eigenvalue weighted by Gasteiger charge is -2.33. The zero-order valence-electron chi connectivity index (χ0n) is 18.4. The highest BCUT2D eigenvalue weighted by Crippen LogP contribution is 2.33. The predicted molar refractivity (Wildman–Crippen MR) is 115 cm³/mol. The normalized spacial score (nSPS) is 16.5. The Morgan fingerprint density at radius 1 is 1.25 bits per heavy atom. The highest BCUT2D eigenvalue weighted by molar-refractivity contribution is 5.95. The summed E-state index contributed by atoms with van der Waals surface area (Å²) in [7, 11) is 0. The Balaban J connectivity index is 1.44. The third kappa shape index (κ3) is 6.33. The van der Waals surface area contributed by atoms with E-state index in [0.717, 1.165) is 19.3 Å². The van der Waals surface area contributed by atoms with Crippen LogP contribution in [0.3, 0.4) is 0 Å². The number of hydrogen-bond acceptors (Lipinski definition) is 7. The molecule has 10 heteroatoms. The molecule has 1 atom stereocenters. The second-order valence-corrected chi connectivity index (χ2v) is 8.19. The van der Waals surface area contributed by atoms with Crippen LogP contribution in [0.2, 0.25) is 0 Å². The van der Waals surface area contributed by atoms with Crippen molar-refractivity contribution in [3.63, 3.8) is 0 Å². The van der Waals surface area contributed by atoms with Crippen molar-refractivity contribution in [1.29, 1.82) is 0 Å². The maximum atomic E-state index is 12.8. The van der Waals surface area contributed by atoms with Gasteiger partial charge in [-0.15, -0.1) is 0 Å². The molecule has 2 heterocycles. The first kappa shape index (κ1) is 23.8. The number of fused-ring (bicyclic) bond motifs is 1. The number of amides is 3. The number of ether oxygens (including phenoxy) is 2. The van der Waals surface area contributed by atoms with Crippen molar-refractivity contribution < 1.29 is 29.1 Å². The molecule has 32 heavy (non-hydrogen) atoms. The number of carbonyl (C=O) groups is 3. The van der Waals surface area contributed by atoms with E-state index in [0.29, 0.717) is 60.9 Å². The van der Waals surface area contributed by atoms with Crippen LogP contribution in [0, 0.1) is 5.92 Å². The van der Waals surface area contributed by atoms with E-state index in [1.807, 2.05) is 0 Å². The number of hydrogen-bond donors (Lipinski definition) is 3. The van der Waals surface area contributed by atoms with Crippen molar-refractivity contribution >= 4 is 18.2 Å². The third-order valence-corrected chi connectivity index (χ3v) is 5.86. The van der Waals surface area contributed by atoms with Crippen molar-refractivity contribution in [2.45, 2.75) is 51.5 Å². The average Bonchev–Trinajstić information content (AvgIpc) is 3.29. The summed E-state index contributed by atoms with van der Waals surface area (Å²) in [5, 5.41) is 10.0. The summed E-state index contributed by atoms with van der Waals surface area (Å²) in [6.07, 6.45) is 5.14. The van der Waals surface area contributed by atoms with Gasteiger partial charge in [-0.3, -0.25) is 25.0 Å². The van der Waals surface area contributed by atoms with Crippen molar-refractivity contribution in [3.8, 4) is 11.5 Å². The fraction of sp³-hybridized carbons (Fsp3) is 0.591. The van der Waals surface area contributed by atoms with Gasteiger partial charge in [0.25, 0.3) is 5.91 Å². The third-order valence-electron chi connectivity index (χ3n) is 5.86. The molecule has 0 saturated carbocycles. The fourth-order valence-electron chi connectivity index (χ4n) is 3.93. The van der Waals surface area contributed by atoms with Gasteiger partial charge in [0, 0.05) is 24.7 Å². The average molecular weight is 449 g/mol. The van der Waals surface area contributed by atoms with E-state index in [2.05, 4.69) is 17.8 Å². The second kappa shape index (κ2) is 11.7. The molecular weight excluding hydrogens is 416 g/mol. The molecule has 10 nitrogen and oxygen atoms in total. The number of piperidine rings is 1. The van der Waals surface area contributed by atoms with E-state index in [9.17, 15) is 19.6 Å². The number of benzene rings is 1. The van der Waals surface area contributed by atoms with E-state index < -0.39 is 5.92 Å². The number of rotatable bonds is 11. The highest BCUT2D eigenvalue weighted by atomic mass is 16.7. The number of nitrogens with zero attached hydrogens (tertiary/aromatic N) is 2. The van der Waals surface area contributed by atoms with Gasteiger partial charge in [0.1, 0.15) is 0 Å². The van der Waals surface area contributed by atoms with Gasteiger partial charge in [0.2, 0.25) is 19.1 Å². The minimum atomic E-state index is -0.489. The van der Waals surface area contributed by atoms with Gasteiger partial charge in [-0.25, -0.2) is 10.5 Å². The molecule has 1 fully saturated rings. The summed E-state index contributed by atoms with van der Waals surface area (Å²) in [5.41, 5.74) is 6.35. The van der Waals surface area contributed by atoms with Crippen molar-refractivity contribution in [2.75, 3.05) is 26.4 Å². The zero-order valence-corrected chi connectivity index (χ0v) is 18.4. The second-order valence-electron chi connectivity index (χ2n) is 8.19. The monoisotopic (exact) mass is 448 g/mol. The molecule has 1 aromatic carbocycles. The van der Waals surface area contributed by atoms with Crippen molar-refractivity contribution in [3.05, 3.63) is 23.8 Å². The first-order valence-electron chi connectivity index (χ1n) is 11.2. The molecule has 1 unspecified atom stereocenters. The summed E-state index contributed by atoms with van der Waals surface area (Å²) in [6.45, 7) is 3.33. The van der Waals surface area contributed by atoms with Gasteiger partial charge in [0.15, 0.2) is 11.5 Å². The minimum absolute atomic E-state index is 0.0346. The van der Waals surface area contributed by atoms with Crippen LogP contribution >= 0.6 is 0 Å². The molecule has 2 aliphatic rings. The maximum Gasteiger partial charge on any atom is 0.253 e. The lowest BCUT2D eigenvalue weighted by molar-refractivity contribution is -0.154. The molecule has 1 aromatic rings. The van der Waals surface area contributed by atoms with Crippen LogP contribution in [-0.2, 0) is 9.59 Å². The van der Waals surface area contributed by atoms with Crippen LogP contribution in [0.5, 0.6) is 11.5 Å². The van der Waals surface area contributed by atoms with Gasteiger partial charge in [-0.2, -0.15) is 0 Å². The Morgan fingerprint density at radius 3 is 2.72 bits per heavy atom. The quantitative estimate of drug-likeness (QED) is 0.204. The first-order valence-corrected chi connectivity index (χ1v) is 11.2. The predicted octanol–water partition coefficient (Wildman–Crippen LogP) is 1.68. The van der Waals surface area contributed by atoms with E-state index in [1.165, 1.54) is 0 Å².